The summed E-state index contributed by atoms with van der Waals surface area (Å²) in [7, 11) is 0. The summed E-state index contributed by atoms with van der Waals surface area (Å²) in [5.74, 6) is 1.02. The third-order valence-corrected chi connectivity index (χ3v) is 7.58. The lowest BCUT2D eigenvalue weighted by Crippen LogP contribution is -2.38. The summed E-state index contributed by atoms with van der Waals surface area (Å²) in [4.78, 5) is 30.4. The summed E-state index contributed by atoms with van der Waals surface area (Å²) in [6, 6.07) is 8.70. The maximum absolute atomic E-state index is 14.1. The third-order valence-electron chi connectivity index (χ3n) is 7.58. The SMILES string of the molecule is O=C(CC1CCCCO1)N1CC[C@H](Nc2cc(-n3c(C(F)F)nc4ccccc43)nc(N3CCOCC3)n2)C1. The maximum Gasteiger partial charge on any atom is 0.296 e. The Labute approximate surface area is 225 Å². The molecule has 3 fully saturated rings. The fourth-order valence-electron chi connectivity index (χ4n) is 5.55. The van der Waals surface area contributed by atoms with E-state index in [1.54, 1.807) is 30.3 Å². The number of para-hydroxylation sites is 2. The van der Waals surface area contributed by atoms with Crippen molar-refractivity contribution in [1.29, 1.82) is 0 Å². The number of anilines is 2. The molecule has 0 radical (unpaired) electrons. The molecule has 1 aromatic carbocycles. The molecule has 10 nitrogen and oxygen atoms in total. The van der Waals surface area contributed by atoms with Crippen molar-refractivity contribution < 1.29 is 23.0 Å². The van der Waals surface area contributed by atoms with E-state index in [0.29, 0.717) is 74.4 Å². The quantitative estimate of drug-likeness (QED) is 0.485. The van der Waals surface area contributed by atoms with Crippen LogP contribution in [0.15, 0.2) is 30.3 Å². The second-order valence-electron chi connectivity index (χ2n) is 10.3. The summed E-state index contributed by atoms with van der Waals surface area (Å²) in [5.41, 5.74) is 1.02. The lowest BCUT2D eigenvalue weighted by atomic mass is 10.1. The van der Waals surface area contributed by atoms with Gasteiger partial charge in [0.2, 0.25) is 11.9 Å². The van der Waals surface area contributed by atoms with Crippen LogP contribution in [0.3, 0.4) is 0 Å². The van der Waals surface area contributed by atoms with Crippen molar-refractivity contribution in [2.45, 2.75) is 50.7 Å². The second-order valence-corrected chi connectivity index (χ2v) is 10.3. The Hall–Kier alpha value is -3.38. The number of imidazole rings is 1. The minimum atomic E-state index is -2.78. The number of rotatable bonds is 7. The number of halogens is 2. The van der Waals surface area contributed by atoms with Gasteiger partial charge in [-0.1, -0.05) is 12.1 Å². The van der Waals surface area contributed by atoms with Crippen molar-refractivity contribution in [3.63, 3.8) is 0 Å². The van der Waals surface area contributed by atoms with Crippen molar-refractivity contribution in [3.8, 4) is 5.82 Å². The molecule has 208 valence electrons. The van der Waals surface area contributed by atoms with Crippen molar-refractivity contribution >= 4 is 28.7 Å². The van der Waals surface area contributed by atoms with Gasteiger partial charge >= 0.3 is 0 Å². The van der Waals surface area contributed by atoms with Gasteiger partial charge in [-0.3, -0.25) is 9.36 Å². The number of hydrogen-bond acceptors (Lipinski definition) is 8. The molecule has 3 aliphatic heterocycles. The first-order valence-corrected chi connectivity index (χ1v) is 13.7. The van der Waals surface area contributed by atoms with Gasteiger partial charge in [0.05, 0.1) is 36.8 Å². The number of hydrogen-bond donors (Lipinski definition) is 1. The van der Waals surface area contributed by atoms with Gasteiger partial charge in [0.1, 0.15) is 11.6 Å². The van der Waals surface area contributed by atoms with Crippen LogP contribution in [0.1, 0.15) is 44.4 Å². The third kappa shape index (κ3) is 5.67. The number of nitrogens with zero attached hydrogens (tertiary/aromatic N) is 6. The lowest BCUT2D eigenvalue weighted by Gasteiger charge is -2.28. The highest BCUT2D eigenvalue weighted by molar-refractivity contribution is 5.78. The molecule has 0 spiro atoms. The zero-order chi connectivity index (χ0) is 26.8. The molecule has 1 unspecified atom stereocenters. The fourth-order valence-corrected chi connectivity index (χ4v) is 5.55. The Balaban J connectivity index is 1.27. The number of carbonyl (C=O) groups is 1. The summed E-state index contributed by atoms with van der Waals surface area (Å²) in [5, 5.41) is 3.45. The van der Waals surface area contributed by atoms with Gasteiger partial charge in [0, 0.05) is 44.9 Å². The first-order valence-electron chi connectivity index (χ1n) is 13.7. The lowest BCUT2D eigenvalue weighted by molar-refractivity contribution is -0.134. The zero-order valence-corrected chi connectivity index (χ0v) is 21.8. The number of ether oxygens (including phenoxy) is 2. The molecule has 3 saturated heterocycles. The molecule has 0 aliphatic carbocycles. The van der Waals surface area contributed by atoms with E-state index in [4.69, 9.17) is 19.4 Å². The predicted octanol–water partition coefficient (Wildman–Crippen LogP) is 3.56. The number of morpholine rings is 1. The van der Waals surface area contributed by atoms with Crippen LogP contribution in [0.25, 0.3) is 16.9 Å². The molecule has 1 amide bonds. The molecule has 2 atom stereocenters. The normalized spacial score (nSPS) is 22.1. The number of amides is 1. The molecule has 5 heterocycles. The molecule has 2 aromatic heterocycles. The molecule has 6 rings (SSSR count). The van der Waals surface area contributed by atoms with Gasteiger partial charge in [-0.2, -0.15) is 9.97 Å². The summed E-state index contributed by atoms with van der Waals surface area (Å²) in [6.07, 6.45) is 1.49. The summed E-state index contributed by atoms with van der Waals surface area (Å²) >= 11 is 0. The van der Waals surface area contributed by atoms with E-state index in [9.17, 15) is 13.6 Å². The van der Waals surface area contributed by atoms with E-state index in [-0.39, 0.29) is 23.9 Å². The largest absolute Gasteiger partial charge is 0.378 e. The summed E-state index contributed by atoms with van der Waals surface area (Å²) in [6.45, 7) is 4.21. The fraction of sp³-hybridized carbons (Fsp3) is 0.556. The number of aromatic nitrogens is 4. The highest BCUT2D eigenvalue weighted by atomic mass is 19.3. The van der Waals surface area contributed by atoms with Crippen LogP contribution in [-0.2, 0) is 14.3 Å². The van der Waals surface area contributed by atoms with Crippen LogP contribution >= 0.6 is 0 Å². The standard InChI is InChI=1S/C27H33F2N7O3/c28-25(29)26-31-20-6-1-2-7-21(20)36(26)23-16-22(32-27(33-23)34-10-13-38-14-11-34)30-18-8-9-35(17-18)24(37)15-19-5-3-4-12-39-19/h1-2,6-7,16,18-19,25H,3-5,8-15,17H2,(H,30,32,33)/t18-,19?/m0/s1. The second kappa shape index (κ2) is 11.4. The Bertz CT molecular complexity index is 1310. The number of alkyl halides is 2. The van der Waals surface area contributed by atoms with E-state index >= 15 is 0 Å². The zero-order valence-electron chi connectivity index (χ0n) is 21.8. The van der Waals surface area contributed by atoms with Gasteiger partial charge in [-0.25, -0.2) is 13.8 Å². The minimum Gasteiger partial charge on any atom is -0.378 e. The molecule has 3 aromatic rings. The number of fused-ring (bicyclic) bond motifs is 1. The van der Waals surface area contributed by atoms with Crippen LogP contribution in [0.4, 0.5) is 20.5 Å². The van der Waals surface area contributed by atoms with Crippen LogP contribution in [-0.4, -0.2) is 88.5 Å². The van der Waals surface area contributed by atoms with Crippen molar-refractivity contribution in [2.24, 2.45) is 0 Å². The molecule has 0 bridgehead atoms. The van der Waals surface area contributed by atoms with Crippen LogP contribution in [0.5, 0.6) is 0 Å². The Kier molecular flexibility index (Phi) is 7.55. The minimum absolute atomic E-state index is 0.00722. The Morgan fingerprint density at radius 2 is 1.90 bits per heavy atom. The van der Waals surface area contributed by atoms with Gasteiger partial charge in [-0.15, -0.1) is 0 Å². The highest BCUT2D eigenvalue weighted by Crippen LogP contribution is 2.29. The molecule has 12 heteroatoms. The van der Waals surface area contributed by atoms with E-state index in [0.717, 1.165) is 32.3 Å². The smallest absolute Gasteiger partial charge is 0.296 e. The number of likely N-dealkylation sites (tertiary alicyclic amines) is 1. The average Bonchev–Trinajstić information content (AvgIpc) is 3.59. The first-order chi connectivity index (χ1) is 19.0. The van der Waals surface area contributed by atoms with Crippen molar-refractivity contribution in [3.05, 3.63) is 36.2 Å². The van der Waals surface area contributed by atoms with Gasteiger partial charge in [0.25, 0.3) is 6.43 Å². The molecule has 39 heavy (non-hydrogen) atoms. The highest BCUT2D eigenvalue weighted by Gasteiger charge is 2.30. The van der Waals surface area contributed by atoms with E-state index in [2.05, 4.69) is 10.3 Å². The molecular formula is C27H33F2N7O3. The monoisotopic (exact) mass is 541 g/mol. The van der Waals surface area contributed by atoms with Gasteiger partial charge in [0.15, 0.2) is 5.82 Å². The van der Waals surface area contributed by atoms with E-state index < -0.39 is 6.43 Å². The molecule has 1 N–H and O–H groups in total. The van der Waals surface area contributed by atoms with Crippen LogP contribution in [0, 0.1) is 0 Å². The van der Waals surface area contributed by atoms with Crippen LogP contribution < -0.4 is 10.2 Å². The van der Waals surface area contributed by atoms with Gasteiger partial charge in [-0.05, 0) is 37.8 Å². The number of nitrogens with one attached hydrogen (secondary N) is 1. The maximum atomic E-state index is 14.1. The first kappa shape index (κ1) is 25.9. The van der Waals surface area contributed by atoms with Gasteiger partial charge < -0.3 is 24.6 Å². The molecule has 0 saturated carbocycles. The van der Waals surface area contributed by atoms with Crippen LogP contribution in [0.2, 0.25) is 0 Å². The number of carbonyl (C=O) groups excluding carboxylic acids is 1. The van der Waals surface area contributed by atoms with E-state index in [1.807, 2.05) is 9.80 Å². The molecule has 3 aliphatic rings. The summed E-state index contributed by atoms with van der Waals surface area (Å²) < 4.78 is 40.9. The topological polar surface area (TPSA) is 97.6 Å². The Morgan fingerprint density at radius 1 is 1.05 bits per heavy atom. The number of benzene rings is 1. The average molecular weight is 542 g/mol. The van der Waals surface area contributed by atoms with Crippen molar-refractivity contribution in [1.82, 2.24) is 24.4 Å². The van der Waals surface area contributed by atoms with E-state index in [1.165, 1.54) is 4.57 Å². The van der Waals surface area contributed by atoms with Crippen molar-refractivity contribution in [2.75, 3.05) is 56.2 Å². The Morgan fingerprint density at radius 3 is 2.69 bits per heavy atom. The predicted molar refractivity (Wildman–Crippen MR) is 141 cm³/mol. The molecular weight excluding hydrogens is 508 g/mol.